The van der Waals surface area contributed by atoms with Crippen LogP contribution in [0, 0.1) is 46.8 Å². The van der Waals surface area contributed by atoms with Crippen molar-refractivity contribution < 1.29 is 92.0 Å². The number of nitrogens with one attached hydrogen (secondary N) is 1. The predicted molar refractivity (Wildman–Crippen MR) is 295 cm³/mol. The summed E-state index contributed by atoms with van der Waals surface area (Å²) in [4.78, 5) is 42.6. The number of fused-ring (bicyclic) bond motifs is 4. The maximum absolute atomic E-state index is 15.6. The van der Waals surface area contributed by atoms with Gasteiger partial charge in [0.05, 0.1) is 74.7 Å². The molecule has 6 fully saturated rings. The van der Waals surface area contributed by atoms with E-state index in [1.807, 2.05) is 47.6 Å². The fourth-order valence-electron chi connectivity index (χ4n) is 15.7. The molecule has 8 N–H and O–H groups in total. The molecule has 5 saturated heterocycles. The summed E-state index contributed by atoms with van der Waals surface area (Å²) in [5.41, 5.74) is 4.75. The first-order valence-electron chi connectivity index (χ1n) is 29.7. The number of hydrogen-bond acceptors (Lipinski definition) is 20. The van der Waals surface area contributed by atoms with Crippen molar-refractivity contribution in [2.75, 3.05) is 20.8 Å². The molecule has 4 aliphatic carbocycles. The van der Waals surface area contributed by atoms with Crippen LogP contribution < -0.4 is 11.1 Å². The van der Waals surface area contributed by atoms with Crippen molar-refractivity contribution >= 4 is 17.8 Å². The van der Waals surface area contributed by atoms with Gasteiger partial charge >= 0.3 is 12.1 Å². The van der Waals surface area contributed by atoms with Gasteiger partial charge in [0, 0.05) is 67.9 Å². The number of carbonyl (C=O) groups excluding carboxylic acids is 3. The number of alkyl carbamates (subject to hydrolysis) is 1. The minimum Gasteiger partial charge on any atom is -0.511 e. The van der Waals surface area contributed by atoms with Crippen LogP contribution in [-0.2, 0) is 61.7 Å². The lowest BCUT2D eigenvalue weighted by Gasteiger charge is -2.56. The number of aliphatic hydroxyl groups excluding tert-OH is 5. The van der Waals surface area contributed by atoms with Crippen molar-refractivity contribution in [2.45, 2.75) is 237 Å². The van der Waals surface area contributed by atoms with Crippen LogP contribution in [0.3, 0.4) is 0 Å². The van der Waals surface area contributed by atoms with E-state index in [0.29, 0.717) is 24.0 Å². The van der Waals surface area contributed by atoms with Crippen molar-refractivity contribution in [3.8, 4) is 0 Å². The highest BCUT2D eigenvalue weighted by Gasteiger charge is 2.64. The molecule has 5 aliphatic heterocycles. The van der Waals surface area contributed by atoms with E-state index in [-0.39, 0.29) is 73.7 Å². The monoisotopic (exact) mass is 1160 g/mol. The zero-order chi connectivity index (χ0) is 59.7. The van der Waals surface area contributed by atoms with E-state index in [1.54, 1.807) is 26.8 Å². The number of esters is 1. The second-order valence-electron chi connectivity index (χ2n) is 25.8. The van der Waals surface area contributed by atoms with Gasteiger partial charge in [-0.3, -0.25) is 4.79 Å². The molecular formula is C61H92N2O19. The van der Waals surface area contributed by atoms with Crippen molar-refractivity contribution in [3.05, 3.63) is 58.4 Å². The zero-order valence-electron chi connectivity index (χ0n) is 49.9. The molecule has 2 bridgehead atoms. The normalized spacial score (nSPS) is 49.4. The fourth-order valence-corrected chi connectivity index (χ4v) is 15.7. The molecule has 9 aliphatic rings. The van der Waals surface area contributed by atoms with Crippen LogP contribution in [0.4, 0.5) is 4.79 Å². The average Bonchev–Trinajstić information content (AvgIpc) is 3.56. The number of amides is 1. The molecule has 9 rings (SSSR count). The third-order valence-corrected chi connectivity index (χ3v) is 19.9. The fraction of sp³-hybridized carbons (Fsp3) is 0.787. The lowest BCUT2D eigenvalue weighted by Crippen LogP contribution is -2.66. The quantitative estimate of drug-likeness (QED) is 0.0789. The largest absolute Gasteiger partial charge is 0.511 e. The molecule has 27 atom stereocenters. The molecule has 21 heteroatoms. The van der Waals surface area contributed by atoms with Crippen LogP contribution in [0.2, 0.25) is 0 Å². The summed E-state index contributed by atoms with van der Waals surface area (Å²) in [6.07, 6.45) is -1.16. The lowest BCUT2D eigenvalue weighted by atomic mass is 9.49. The first kappa shape index (κ1) is 62.9. The third-order valence-electron chi connectivity index (χ3n) is 19.9. The summed E-state index contributed by atoms with van der Waals surface area (Å²) >= 11 is 0. The van der Waals surface area contributed by atoms with Crippen LogP contribution in [0.25, 0.3) is 0 Å². The zero-order valence-corrected chi connectivity index (χ0v) is 49.9. The minimum absolute atomic E-state index is 0.0320. The molecule has 1 amide bonds. The first-order chi connectivity index (χ1) is 38.6. The van der Waals surface area contributed by atoms with Gasteiger partial charge in [-0.15, -0.1) is 0 Å². The topological polar surface area (TPSA) is 292 Å². The lowest BCUT2D eigenvalue weighted by molar-refractivity contribution is -0.335. The SMILES string of the molecule is COC(=O)N[C@H]1[C@@H](C)O[C@@H](O[C@H]2C/C=C(/C)[C@@H]3C=C[C@@H]4[C@@H](O[C@H]5C[C@@H](O[C@H]6C[C@@H](O)[C@@H](O[C@@H]7C[C@@H](O)[C@@H](OC)[C@H](C)O7)[C@H](C)O6)[C@@H](O)[C@H](C)O5)[C@@H](C)C[C@H](C)[C@H]4[C@]3(C)C(O)=C3C(=O)O[C@]4(C[C@@H](C)C(CO)=C[C@H]4/C=C\2C)C3=O)C[C@]1(C)N. The first-order valence-corrected chi connectivity index (χ1v) is 29.7. The number of rotatable bonds is 11. The van der Waals surface area contributed by atoms with Gasteiger partial charge in [-0.05, 0) is 96.1 Å². The van der Waals surface area contributed by atoms with Crippen LogP contribution in [-0.4, -0.2) is 180 Å². The number of aliphatic hydroxyl groups is 5. The van der Waals surface area contributed by atoms with Gasteiger partial charge in [0.1, 0.15) is 29.6 Å². The van der Waals surface area contributed by atoms with Gasteiger partial charge < -0.3 is 88.7 Å². The van der Waals surface area contributed by atoms with E-state index in [9.17, 15) is 35.1 Å². The number of methoxy groups -OCH3 is 2. The molecule has 5 heterocycles. The molecule has 21 nitrogen and oxygen atoms in total. The van der Waals surface area contributed by atoms with E-state index in [4.69, 9.17) is 57.8 Å². The predicted octanol–water partition coefficient (Wildman–Crippen LogP) is 5.25. The summed E-state index contributed by atoms with van der Waals surface area (Å²) in [7, 11) is 2.79. The van der Waals surface area contributed by atoms with E-state index < -0.39 is 157 Å². The van der Waals surface area contributed by atoms with Gasteiger partial charge in [-0.25, -0.2) is 9.59 Å². The van der Waals surface area contributed by atoms with E-state index in [2.05, 4.69) is 37.4 Å². The Bertz CT molecular complexity index is 2490. The summed E-state index contributed by atoms with van der Waals surface area (Å²) in [5.74, 6) is -4.54. The highest BCUT2D eigenvalue weighted by atomic mass is 16.7. The molecule has 0 aromatic heterocycles. The van der Waals surface area contributed by atoms with Crippen molar-refractivity contribution in [2.24, 2.45) is 52.6 Å². The van der Waals surface area contributed by atoms with E-state index in [1.165, 1.54) is 14.2 Å². The Labute approximate surface area is 482 Å². The van der Waals surface area contributed by atoms with Crippen LogP contribution in [0.15, 0.2) is 58.4 Å². The Morgan fingerprint density at radius 1 is 0.744 bits per heavy atom. The van der Waals surface area contributed by atoms with E-state index in [0.717, 1.165) is 5.57 Å². The molecule has 1 spiro atoms. The number of nitrogens with two attached hydrogens (primary N) is 1. The maximum atomic E-state index is 15.6. The smallest absolute Gasteiger partial charge is 0.407 e. The van der Waals surface area contributed by atoms with Gasteiger partial charge in [0.25, 0.3) is 0 Å². The molecule has 0 unspecified atom stereocenters. The summed E-state index contributed by atoms with van der Waals surface area (Å²) in [5, 5.41) is 60.3. The molecular weight excluding hydrogens is 1060 g/mol. The molecule has 1 saturated carbocycles. The number of hydrogen-bond donors (Lipinski definition) is 7. The number of ether oxygens (including phenoxy) is 11. The highest BCUT2D eigenvalue weighted by molar-refractivity contribution is 6.26. The Hall–Kier alpha value is -3.65. The van der Waals surface area contributed by atoms with Crippen LogP contribution in [0.1, 0.15) is 121 Å². The standard InChI is InChI=1S/C61H92N2O19/c1-27-14-17-42(78-47-25-59(10,62)54(35(9)77-47)63-58(71)73-13)28(2)19-37-20-36(26-64)31(5)24-61(37)56(69)48(57(70)82-61)55(68)60(11)39(27)16-15-38-49(60)29(3)18-30(4)51(38)80-46-23-43(50(67)32(6)74-46)79-44-22-41(66)53(34(8)76-44)81-45-21-40(65)52(72-12)33(7)75-45/h14-16,19-20,29-35,37-47,49-54,64-68H,17-18,21-26,62H2,1-13H3,(H,63,71)/b27-14-,28-19-,55-48?/t29-,30-,31+,32-,33-,34-,35+,37+,38-,39-,40+,41+,42-,43+,44-,45+,46-,47-,49+,50-,51-,52-,53-,54-,59-,60+,61-/m0/s1. The average molecular weight is 1160 g/mol. The van der Waals surface area contributed by atoms with Gasteiger partial charge in [0.15, 0.2) is 30.8 Å². The van der Waals surface area contributed by atoms with Crippen molar-refractivity contribution in [3.63, 3.8) is 0 Å². The van der Waals surface area contributed by atoms with Gasteiger partial charge in [0.2, 0.25) is 5.78 Å². The Balaban J connectivity index is 1.00. The highest BCUT2D eigenvalue weighted by Crippen LogP contribution is 2.61. The number of Topliss-reactive ketones (excluding diaryl/α,β-unsaturated/α-hetero) is 1. The van der Waals surface area contributed by atoms with Crippen molar-refractivity contribution in [1.82, 2.24) is 5.32 Å². The molecule has 82 heavy (non-hydrogen) atoms. The molecule has 0 aromatic rings. The number of ketones is 1. The van der Waals surface area contributed by atoms with E-state index >= 15 is 4.79 Å². The van der Waals surface area contributed by atoms with Crippen molar-refractivity contribution in [1.29, 1.82) is 0 Å². The number of carbonyl (C=O) groups is 3. The Morgan fingerprint density at radius 3 is 2.00 bits per heavy atom. The third kappa shape index (κ3) is 11.8. The Kier molecular flexibility index (Phi) is 18.9. The van der Waals surface area contributed by atoms with Gasteiger partial charge in [-0.1, -0.05) is 63.6 Å². The molecule has 0 aromatic carbocycles. The number of allylic oxidation sites excluding steroid dienone is 3. The summed E-state index contributed by atoms with van der Waals surface area (Å²) < 4.78 is 68.4. The molecule has 0 radical (unpaired) electrons. The van der Waals surface area contributed by atoms with Gasteiger partial charge in [-0.2, -0.15) is 0 Å². The molecule has 460 valence electrons. The Morgan fingerprint density at radius 2 is 1.37 bits per heavy atom. The van der Waals surface area contributed by atoms with Crippen LogP contribution in [0.5, 0.6) is 0 Å². The summed E-state index contributed by atoms with van der Waals surface area (Å²) in [6, 6.07) is -0.595. The summed E-state index contributed by atoms with van der Waals surface area (Å²) in [6.45, 7) is 20.6. The second kappa shape index (κ2) is 24.6. The second-order valence-corrected chi connectivity index (χ2v) is 25.8. The minimum atomic E-state index is -1.75. The van der Waals surface area contributed by atoms with Crippen LogP contribution >= 0.6 is 0 Å². The maximum Gasteiger partial charge on any atom is 0.407 e.